The third kappa shape index (κ3) is 7.77. The molecule has 1 heterocycles. The number of amides is 1. The van der Waals surface area contributed by atoms with E-state index < -0.39 is 26.0 Å². The minimum Gasteiger partial charge on any atom is -0.481 e. The molecule has 0 aromatic carbocycles. The zero-order valence-corrected chi connectivity index (χ0v) is 22.5. The molecule has 9 heteroatoms. The number of pyridine rings is 1. The van der Waals surface area contributed by atoms with Crippen LogP contribution in [0.15, 0.2) is 12.1 Å². The highest BCUT2D eigenvalue weighted by Gasteiger charge is 2.38. The number of carbonyl (C=O) groups excluding carboxylic acids is 2. The normalized spacial score (nSPS) is 13.3. The molecule has 0 aliphatic rings. The first-order chi connectivity index (χ1) is 14.5. The largest absolute Gasteiger partial charge is 0.481 e. The van der Waals surface area contributed by atoms with Crippen LogP contribution in [0.2, 0.25) is 18.1 Å². The average molecular weight is 469 g/mol. The highest BCUT2D eigenvalue weighted by molar-refractivity contribution is 6.74. The minimum absolute atomic E-state index is 0.0559. The summed E-state index contributed by atoms with van der Waals surface area (Å²) in [6.07, 6.45) is -0.456. The zero-order chi connectivity index (χ0) is 24.9. The predicted molar refractivity (Wildman–Crippen MR) is 127 cm³/mol. The summed E-state index contributed by atoms with van der Waals surface area (Å²) in [5, 5.41) is 0.0559. The highest BCUT2D eigenvalue weighted by atomic mass is 28.4. The Hall–Kier alpha value is -2.13. The summed E-state index contributed by atoms with van der Waals surface area (Å²) in [6, 6.07) is 2.99. The summed E-state index contributed by atoms with van der Waals surface area (Å²) in [7, 11) is 0.761. The fraction of sp³-hybridized carbons (Fsp3) is 0.696. The van der Waals surface area contributed by atoms with Gasteiger partial charge in [0.15, 0.2) is 14.0 Å². The van der Waals surface area contributed by atoms with Crippen molar-refractivity contribution in [3.63, 3.8) is 0 Å². The molecule has 0 saturated heterocycles. The summed E-state index contributed by atoms with van der Waals surface area (Å²) < 4.78 is 22.1. The molecule has 0 bridgehead atoms. The van der Waals surface area contributed by atoms with Crippen LogP contribution in [0, 0.1) is 0 Å². The standard InChI is InChI=1S/C23H40N2O6Si/c1-16(15-30-32(10,11)23(5,6)7)25(21(27)31-22(2,3)4)14-17-12-13-18(20(26)29-9)24-19(17)28-8/h12-13,16H,14-15H2,1-11H3/t16-/m0/s1. The molecular formula is C23H40N2O6Si. The molecule has 8 nitrogen and oxygen atoms in total. The molecule has 1 atom stereocenters. The smallest absolute Gasteiger partial charge is 0.410 e. The van der Waals surface area contributed by atoms with Crippen molar-refractivity contribution in [3.8, 4) is 5.88 Å². The highest BCUT2D eigenvalue weighted by Crippen LogP contribution is 2.36. The van der Waals surface area contributed by atoms with Gasteiger partial charge in [0.05, 0.1) is 33.4 Å². The summed E-state index contributed by atoms with van der Waals surface area (Å²) in [5.41, 5.74) is 0.128. The van der Waals surface area contributed by atoms with E-state index in [9.17, 15) is 9.59 Å². The van der Waals surface area contributed by atoms with Gasteiger partial charge in [0.2, 0.25) is 5.88 Å². The Morgan fingerprint density at radius 3 is 2.16 bits per heavy atom. The predicted octanol–water partition coefficient (Wildman–Crippen LogP) is 5.02. The minimum atomic E-state index is -2.00. The fourth-order valence-corrected chi connectivity index (χ4v) is 3.62. The first kappa shape index (κ1) is 27.9. The second-order valence-electron chi connectivity index (χ2n) is 10.4. The van der Waals surface area contributed by atoms with E-state index in [0.717, 1.165) is 0 Å². The maximum atomic E-state index is 13.1. The summed E-state index contributed by atoms with van der Waals surface area (Å²) in [5.74, 6) is -0.311. The first-order valence-electron chi connectivity index (χ1n) is 10.8. The third-order valence-electron chi connectivity index (χ3n) is 5.52. The number of rotatable bonds is 8. The molecule has 0 aliphatic heterocycles. The van der Waals surface area contributed by atoms with Gasteiger partial charge in [0.1, 0.15) is 5.60 Å². The molecule has 0 aliphatic carbocycles. The lowest BCUT2D eigenvalue weighted by Gasteiger charge is -2.39. The lowest BCUT2D eigenvalue weighted by Crippen LogP contribution is -2.48. The van der Waals surface area contributed by atoms with Gasteiger partial charge in [0, 0.05) is 5.56 Å². The lowest BCUT2D eigenvalue weighted by molar-refractivity contribution is 0.00986. The van der Waals surface area contributed by atoms with E-state index in [0.29, 0.717) is 12.2 Å². The van der Waals surface area contributed by atoms with Gasteiger partial charge in [-0.25, -0.2) is 14.6 Å². The second kappa shape index (κ2) is 10.7. The second-order valence-corrected chi connectivity index (χ2v) is 15.2. The van der Waals surface area contributed by atoms with Crippen LogP contribution >= 0.6 is 0 Å². The van der Waals surface area contributed by atoms with E-state index in [-0.39, 0.29) is 29.2 Å². The van der Waals surface area contributed by atoms with E-state index in [2.05, 4.69) is 38.8 Å². The van der Waals surface area contributed by atoms with Gasteiger partial charge in [-0.3, -0.25) is 4.90 Å². The summed E-state index contributed by atoms with van der Waals surface area (Å²) in [4.78, 5) is 30.7. The Bertz CT molecular complexity index is 799. The van der Waals surface area contributed by atoms with Crippen molar-refractivity contribution < 1.29 is 28.2 Å². The van der Waals surface area contributed by atoms with E-state index in [1.165, 1.54) is 14.2 Å². The van der Waals surface area contributed by atoms with Crippen molar-refractivity contribution in [1.29, 1.82) is 0 Å². The Labute approximate surface area is 193 Å². The van der Waals surface area contributed by atoms with Crippen LogP contribution in [-0.2, 0) is 20.4 Å². The molecule has 0 spiro atoms. The maximum absolute atomic E-state index is 13.1. The van der Waals surface area contributed by atoms with Gasteiger partial charge < -0.3 is 18.6 Å². The molecule has 1 aromatic rings. The molecule has 0 saturated carbocycles. The molecule has 1 rings (SSSR count). The number of nitrogens with zero attached hydrogens (tertiary/aromatic N) is 2. The molecule has 0 fully saturated rings. The molecule has 0 radical (unpaired) electrons. The average Bonchev–Trinajstić information content (AvgIpc) is 2.67. The van der Waals surface area contributed by atoms with Crippen molar-refractivity contribution in [2.75, 3.05) is 20.8 Å². The van der Waals surface area contributed by atoms with Gasteiger partial charge in [-0.1, -0.05) is 20.8 Å². The molecule has 182 valence electrons. The van der Waals surface area contributed by atoms with Crippen molar-refractivity contribution in [2.24, 2.45) is 0 Å². The SMILES string of the molecule is COC(=O)c1ccc(CN(C(=O)OC(C)(C)C)[C@@H](C)CO[Si](C)(C)C(C)(C)C)c(OC)n1. The van der Waals surface area contributed by atoms with Crippen LogP contribution in [0.25, 0.3) is 0 Å². The zero-order valence-electron chi connectivity index (χ0n) is 21.5. The summed E-state index contributed by atoms with van der Waals surface area (Å²) >= 11 is 0. The van der Waals surface area contributed by atoms with Crippen molar-refractivity contribution in [3.05, 3.63) is 23.4 Å². The fourth-order valence-electron chi connectivity index (χ4n) is 2.52. The first-order valence-corrected chi connectivity index (χ1v) is 13.7. The Morgan fingerprint density at radius 2 is 1.69 bits per heavy atom. The third-order valence-corrected chi connectivity index (χ3v) is 10.0. The van der Waals surface area contributed by atoms with Crippen LogP contribution < -0.4 is 4.74 Å². The van der Waals surface area contributed by atoms with Crippen molar-refractivity contribution in [2.45, 2.75) is 84.8 Å². The number of methoxy groups -OCH3 is 2. The van der Waals surface area contributed by atoms with Crippen LogP contribution in [-0.4, -0.2) is 62.7 Å². The number of esters is 1. The lowest BCUT2D eigenvalue weighted by atomic mass is 10.2. The number of hydrogen-bond acceptors (Lipinski definition) is 7. The number of hydrogen-bond donors (Lipinski definition) is 0. The quantitative estimate of drug-likeness (QED) is 0.391. The maximum Gasteiger partial charge on any atom is 0.410 e. The molecule has 32 heavy (non-hydrogen) atoms. The Morgan fingerprint density at radius 1 is 1.09 bits per heavy atom. The van der Waals surface area contributed by atoms with Crippen molar-refractivity contribution in [1.82, 2.24) is 9.88 Å². The molecule has 0 N–H and O–H groups in total. The number of aromatic nitrogens is 1. The molecule has 0 unspecified atom stereocenters. The van der Waals surface area contributed by atoms with Crippen LogP contribution in [0.3, 0.4) is 0 Å². The monoisotopic (exact) mass is 468 g/mol. The van der Waals surface area contributed by atoms with Gasteiger partial charge >= 0.3 is 12.1 Å². The molecule has 1 aromatic heterocycles. The van der Waals surface area contributed by atoms with E-state index >= 15 is 0 Å². The Balaban J connectivity index is 3.20. The van der Waals surface area contributed by atoms with Gasteiger partial charge in [-0.05, 0) is 58.0 Å². The van der Waals surface area contributed by atoms with E-state index in [4.69, 9.17) is 18.6 Å². The summed E-state index contributed by atoms with van der Waals surface area (Å²) in [6.45, 7) is 18.9. The van der Waals surface area contributed by atoms with Gasteiger partial charge in [0.25, 0.3) is 0 Å². The van der Waals surface area contributed by atoms with Gasteiger partial charge in [-0.15, -0.1) is 0 Å². The van der Waals surface area contributed by atoms with E-state index in [1.54, 1.807) is 17.0 Å². The molecular weight excluding hydrogens is 428 g/mol. The van der Waals surface area contributed by atoms with Crippen molar-refractivity contribution >= 4 is 20.4 Å². The number of ether oxygens (including phenoxy) is 3. The van der Waals surface area contributed by atoms with Crippen LogP contribution in [0.5, 0.6) is 5.88 Å². The molecule has 1 amide bonds. The van der Waals surface area contributed by atoms with Crippen LogP contribution in [0.1, 0.15) is 64.5 Å². The Kier molecular flexibility index (Phi) is 9.29. The number of carbonyl (C=O) groups is 2. The van der Waals surface area contributed by atoms with Crippen LogP contribution in [0.4, 0.5) is 4.79 Å². The van der Waals surface area contributed by atoms with E-state index in [1.807, 2.05) is 27.7 Å². The topological polar surface area (TPSA) is 87.2 Å². The van der Waals surface area contributed by atoms with Gasteiger partial charge in [-0.2, -0.15) is 0 Å².